The number of nitrogens with one attached hydrogen (secondary N) is 1. The van der Waals surface area contributed by atoms with E-state index < -0.39 is 27.5 Å². The molecule has 2 unspecified atom stereocenters. The fraction of sp³-hybridized carbons (Fsp3) is 0.448. The number of carbonyl (C=O) groups excluding carboxylic acids is 1. The maximum atomic E-state index is 12.9. The third-order valence-electron chi connectivity index (χ3n) is 8.45. The Morgan fingerprint density at radius 2 is 1.85 bits per heavy atom. The first-order chi connectivity index (χ1) is 19.0. The molecule has 214 valence electrons. The topological polar surface area (TPSA) is 118 Å². The summed E-state index contributed by atoms with van der Waals surface area (Å²) < 4.78 is 35.8. The van der Waals surface area contributed by atoms with Crippen LogP contribution in [0.3, 0.4) is 0 Å². The molecule has 2 aliphatic carbocycles. The standard InChI is InChI=1S/C29H34BrN3O6S/c1-32(2)40(37,38)31-27(34)19-9-11-21-23(18-7-5-4-6-8-18)16-33(26(21)13-19)17-29(28(35)36)15-24(29)22-14-20(39-3)10-12-25(22)30/h9-14,16,18,24H,4-8,15,17H2,1-3H3,(H,31,34)(H,35,36). The van der Waals surface area contributed by atoms with E-state index in [4.69, 9.17) is 4.74 Å². The van der Waals surface area contributed by atoms with E-state index in [1.165, 1.54) is 20.5 Å². The average molecular weight is 633 g/mol. The monoisotopic (exact) mass is 631 g/mol. The number of ether oxygens (including phenoxy) is 1. The molecule has 0 spiro atoms. The molecular weight excluding hydrogens is 598 g/mol. The molecule has 1 amide bonds. The Kier molecular flexibility index (Phi) is 7.75. The van der Waals surface area contributed by atoms with Gasteiger partial charge < -0.3 is 14.4 Å². The summed E-state index contributed by atoms with van der Waals surface area (Å²) in [6.45, 7) is 0.223. The van der Waals surface area contributed by atoms with Gasteiger partial charge in [-0.25, -0.2) is 4.72 Å². The number of aliphatic carboxylic acids is 1. The SMILES string of the molecule is COc1ccc(Br)c(C2CC2(Cn2cc(C3CCCCC3)c3ccc(C(=O)NS(=O)(=O)N(C)C)cc32)C(=O)O)c1. The molecule has 0 bridgehead atoms. The minimum atomic E-state index is -3.96. The zero-order valence-electron chi connectivity index (χ0n) is 22.8. The maximum Gasteiger partial charge on any atom is 0.312 e. The van der Waals surface area contributed by atoms with Crippen LogP contribution in [0.1, 0.15) is 71.8 Å². The number of carboxylic acid groups (broad SMARTS) is 1. The van der Waals surface area contributed by atoms with Gasteiger partial charge in [0, 0.05) is 53.7 Å². The highest BCUT2D eigenvalue weighted by atomic mass is 79.9. The van der Waals surface area contributed by atoms with E-state index in [1.807, 2.05) is 28.8 Å². The number of hydrogen-bond acceptors (Lipinski definition) is 5. The number of hydrogen-bond donors (Lipinski definition) is 2. The summed E-state index contributed by atoms with van der Waals surface area (Å²) in [5.74, 6) is -0.811. The predicted octanol–water partition coefficient (Wildman–Crippen LogP) is 5.25. The van der Waals surface area contributed by atoms with Crippen molar-refractivity contribution in [3.63, 3.8) is 0 Å². The summed E-state index contributed by atoms with van der Waals surface area (Å²) in [6.07, 6.45) is 8.14. The van der Waals surface area contributed by atoms with Crippen LogP contribution in [0.25, 0.3) is 10.9 Å². The van der Waals surface area contributed by atoms with Crippen LogP contribution < -0.4 is 9.46 Å². The van der Waals surface area contributed by atoms with E-state index in [0.717, 1.165) is 56.5 Å². The van der Waals surface area contributed by atoms with E-state index in [2.05, 4.69) is 26.8 Å². The van der Waals surface area contributed by atoms with Crippen LogP contribution in [0.15, 0.2) is 47.1 Å². The van der Waals surface area contributed by atoms with Gasteiger partial charge in [-0.15, -0.1) is 0 Å². The van der Waals surface area contributed by atoms with Crippen molar-refractivity contribution >= 4 is 48.9 Å². The first kappa shape index (κ1) is 28.6. The van der Waals surface area contributed by atoms with Crippen molar-refractivity contribution in [2.45, 2.75) is 56.9 Å². The van der Waals surface area contributed by atoms with Crippen molar-refractivity contribution in [1.82, 2.24) is 13.6 Å². The number of halogens is 1. The summed E-state index contributed by atoms with van der Waals surface area (Å²) in [5.41, 5.74) is 1.94. The van der Waals surface area contributed by atoms with Crippen LogP contribution in [0.4, 0.5) is 0 Å². The number of fused-ring (bicyclic) bond motifs is 1. The minimum absolute atomic E-state index is 0.194. The molecule has 2 atom stereocenters. The Balaban J connectivity index is 1.56. The second-order valence-corrected chi connectivity index (χ2v) is 13.8. The largest absolute Gasteiger partial charge is 0.497 e. The van der Waals surface area contributed by atoms with Crippen molar-refractivity contribution in [1.29, 1.82) is 0 Å². The summed E-state index contributed by atoms with van der Waals surface area (Å²) in [5, 5.41) is 11.4. The Labute approximate surface area is 242 Å². The van der Waals surface area contributed by atoms with Crippen LogP contribution in [0.5, 0.6) is 5.75 Å². The highest BCUT2D eigenvalue weighted by Crippen LogP contribution is 2.62. The first-order valence-electron chi connectivity index (χ1n) is 13.4. The lowest BCUT2D eigenvalue weighted by Gasteiger charge is -2.21. The highest BCUT2D eigenvalue weighted by Gasteiger charge is 2.61. The summed E-state index contributed by atoms with van der Waals surface area (Å²) in [7, 11) is 0.311. The van der Waals surface area contributed by atoms with Crippen molar-refractivity contribution in [3.8, 4) is 5.75 Å². The average Bonchev–Trinajstić information content (AvgIpc) is 3.55. The normalized spacial score (nSPS) is 21.5. The van der Waals surface area contributed by atoms with E-state index >= 15 is 0 Å². The lowest BCUT2D eigenvalue weighted by Crippen LogP contribution is -2.39. The van der Waals surface area contributed by atoms with Gasteiger partial charge in [0.05, 0.1) is 12.5 Å². The molecule has 0 radical (unpaired) electrons. The van der Waals surface area contributed by atoms with Crippen LogP contribution in [-0.2, 0) is 21.5 Å². The predicted molar refractivity (Wildman–Crippen MR) is 156 cm³/mol. The molecule has 40 heavy (non-hydrogen) atoms. The van der Waals surface area contributed by atoms with Crippen molar-refractivity contribution in [2.75, 3.05) is 21.2 Å². The van der Waals surface area contributed by atoms with Gasteiger partial charge in [-0.05, 0) is 66.6 Å². The number of amides is 1. The van der Waals surface area contributed by atoms with Gasteiger partial charge >= 0.3 is 16.2 Å². The molecule has 5 rings (SSSR count). The van der Waals surface area contributed by atoms with Crippen molar-refractivity contribution in [2.24, 2.45) is 5.41 Å². The van der Waals surface area contributed by atoms with Crippen LogP contribution >= 0.6 is 15.9 Å². The van der Waals surface area contributed by atoms with Gasteiger partial charge in [-0.3, -0.25) is 9.59 Å². The fourth-order valence-electron chi connectivity index (χ4n) is 6.01. The zero-order chi connectivity index (χ0) is 28.8. The summed E-state index contributed by atoms with van der Waals surface area (Å²) in [4.78, 5) is 25.7. The highest BCUT2D eigenvalue weighted by molar-refractivity contribution is 9.10. The van der Waals surface area contributed by atoms with Gasteiger partial charge in [0.1, 0.15) is 5.75 Å². The van der Waals surface area contributed by atoms with E-state index in [-0.39, 0.29) is 18.0 Å². The molecule has 1 heterocycles. The molecule has 0 aliphatic heterocycles. The summed E-state index contributed by atoms with van der Waals surface area (Å²) in [6, 6.07) is 10.8. The van der Waals surface area contributed by atoms with Gasteiger partial charge in [0.2, 0.25) is 0 Å². The van der Waals surface area contributed by atoms with Gasteiger partial charge in [-0.2, -0.15) is 12.7 Å². The van der Waals surface area contributed by atoms with E-state index in [1.54, 1.807) is 19.2 Å². The Bertz CT molecular complexity index is 1580. The number of aromatic nitrogens is 1. The number of carboxylic acids is 1. The number of methoxy groups -OCH3 is 1. The lowest BCUT2D eigenvalue weighted by molar-refractivity contribution is -0.144. The Hall–Kier alpha value is -2.89. The number of rotatable bonds is 9. The molecule has 2 fully saturated rings. The molecule has 2 aromatic carbocycles. The van der Waals surface area contributed by atoms with E-state index in [9.17, 15) is 23.1 Å². The quantitative estimate of drug-likeness (QED) is 0.333. The lowest BCUT2D eigenvalue weighted by atomic mass is 9.84. The molecule has 2 saturated carbocycles. The Morgan fingerprint density at radius 1 is 1.12 bits per heavy atom. The smallest absolute Gasteiger partial charge is 0.312 e. The van der Waals surface area contributed by atoms with Crippen LogP contribution in [0.2, 0.25) is 0 Å². The molecule has 11 heteroatoms. The van der Waals surface area contributed by atoms with Crippen molar-refractivity contribution < 1.29 is 27.9 Å². The number of carbonyl (C=O) groups is 2. The molecule has 1 aromatic heterocycles. The van der Waals surface area contributed by atoms with Crippen LogP contribution in [-0.4, -0.2) is 55.5 Å². The zero-order valence-corrected chi connectivity index (χ0v) is 25.2. The van der Waals surface area contributed by atoms with Gasteiger partial charge in [0.15, 0.2) is 0 Å². The fourth-order valence-corrected chi connectivity index (χ4v) is 7.07. The molecule has 0 saturated heterocycles. The number of nitrogens with zero attached hydrogens (tertiary/aromatic N) is 2. The second-order valence-electron chi connectivity index (χ2n) is 11.1. The molecule has 2 N–H and O–H groups in total. The molecule has 3 aromatic rings. The molecule has 2 aliphatic rings. The third kappa shape index (κ3) is 5.26. The van der Waals surface area contributed by atoms with Crippen LogP contribution in [0, 0.1) is 5.41 Å². The molecule has 9 nitrogen and oxygen atoms in total. The van der Waals surface area contributed by atoms with Gasteiger partial charge in [-0.1, -0.05) is 41.3 Å². The van der Waals surface area contributed by atoms with Gasteiger partial charge in [0.25, 0.3) is 5.91 Å². The minimum Gasteiger partial charge on any atom is -0.497 e. The number of benzene rings is 2. The summed E-state index contributed by atoms with van der Waals surface area (Å²) >= 11 is 3.59. The third-order valence-corrected chi connectivity index (χ3v) is 10.6. The first-order valence-corrected chi connectivity index (χ1v) is 15.6. The van der Waals surface area contributed by atoms with Crippen molar-refractivity contribution in [3.05, 3.63) is 63.8 Å². The molecular formula is C29H34BrN3O6S. The van der Waals surface area contributed by atoms with E-state index in [0.29, 0.717) is 18.1 Å². The Morgan fingerprint density at radius 3 is 2.50 bits per heavy atom. The second kappa shape index (κ2) is 10.8. The maximum absolute atomic E-state index is 12.9.